The highest BCUT2D eigenvalue weighted by molar-refractivity contribution is 7.11. The molecule has 2 aromatic rings. The lowest BCUT2D eigenvalue weighted by atomic mass is 10.1. The van der Waals surface area contributed by atoms with Crippen LogP contribution in [0.4, 0.5) is 9.18 Å². The third kappa shape index (κ3) is 4.76. The number of carbonyl (C=O) groups is 1. The Morgan fingerprint density at radius 1 is 1.48 bits per heavy atom. The molecule has 2 N–H and O–H groups in total. The van der Waals surface area contributed by atoms with Crippen molar-refractivity contribution in [3.05, 3.63) is 51.2 Å². The minimum absolute atomic E-state index is 0.0636. The molecular formula is C16H17FN4OS. The number of rotatable bonds is 5. The lowest BCUT2D eigenvalue weighted by molar-refractivity contribution is 0.240. The number of nitrogens with zero attached hydrogens (tertiary/aromatic N) is 2. The number of nitrogens with one attached hydrogen (secondary N) is 2. The molecule has 7 heteroatoms. The summed E-state index contributed by atoms with van der Waals surface area (Å²) in [6.07, 6.45) is 1.81. The van der Waals surface area contributed by atoms with Gasteiger partial charge in [0.25, 0.3) is 0 Å². The monoisotopic (exact) mass is 332 g/mol. The molecule has 0 saturated carbocycles. The van der Waals surface area contributed by atoms with Gasteiger partial charge in [-0.05, 0) is 19.1 Å². The predicted molar refractivity (Wildman–Crippen MR) is 86.6 cm³/mol. The molecule has 2 amide bonds. The molecule has 0 aliphatic rings. The van der Waals surface area contributed by atoms with Crippen LogP contribution < -0.4 is 10.6 Å². The number of hydrogen-bond donors (Lipinski definition) is 2. The number of thiazole rings is 1. The van der Waals surface area contributed by atoms with Gasteiger partial charge in [0, 0.05) is 35.6 Å². The van der Waals surface area contributed by atoms with E-state index < -0.39 is 5.82 Å². The summed E-state index contributed by atoms with van der Waals surface area (Å²) >= 11 is 1.60. The van der Waals surface area contributed by atoms with Gasteiger partial charge >= 0.3 is 6.03 Å². The SMILES string of the molecule is Cc1cnc(C(C)CNC(=O)NCc2ccc(C#N)cc2F)s1. The van der Waals surface area contributed by atoms with Crippen molar-refractivity contribution in [1.29, 1.82) is 5.26 Å². The van der Waals surface area contributed by atoms with Crippen molar-refractivity contribution in [2.24, 2.45) is 0 Å². The van der Waals surface area contributed by atoms with Gasteiger partial charge in [-0.3, -0.25) is 0 Å². The van der Waals surface area contributed by atoms with Crippen LogP contribution in [0.2, 0.25) is 0 Å². The van der Waals surface area contributed by atoms with Crippen molar-refractivity contribution in [2.75, 3.05) is 6.54 Å². The zero-order valence-electron chi connectivity index (χ0n) is 12.9. The molecule has 120 valence electrons. The fourth-order valence-electron chi connectivity index (χ4n) is 1.93. The van der Waals surface area contributed by atoms with Crippen LogP contribution in [0.1, 0.15) is 33.9 Å². The molecular weight excluding hydrogens is 315 g/mol. The Hall–Kier alpha value is -2.46. The van der Waals surface area contributed by atoms with Crippen LogP contribution >= 0.6 is 11.3 Å². The van der Waals surface area contributed by atoms with Gasteiger partial charge in [-0.1, -0.05) is 13.0 Å². The second-order valence-corrected chi connectivity index (χ2v) is 6.46. The number of aromatic nitrogens is 1. The summed E-state index contributed by atoms with van der Waals surface area (Å²) in [5.41, 5.74) is 0.589. The highest BCUT2D eigenvalue weighted by Gasteiger charge is 2.11. The molecule has 1 heterocycles. The van der Waals surface area contributed by atoms with E-state index in [0.29, 0.717) is 12.1 Å². The van der Waals surface area contributed by atoms with E-state index in [-0.39, 0.29) is 24.1 Å². The fraction of sp³-hybridized carbons (Fsp3) is 0.312. The molecule has 23 heavy (non-hydrogen) atoms. The van der Waals surface area contributed by atoms with Crippen molar-refractivity contribution >= 4 is 17.4 Å². The van der Waals surface area contributed by atoms with Gasteiger partial charge < -0.3 is 10.6 Å². The average molecular weight is 332 g/mol. The van der Waals surface area contributed by atoms with Gasteiger partial charge in [-0.2, -0.15) is 5.26 Å². The number of nitriles is 1. The maximum Gasteiger partial charge on any atom is 0.315 e. The highest BCUT2D eigenvalue weighted by Crippen LogP contribution is 2.20. The molecule has 1 aromatic heterocycles. The Kier molecular flexibility index (Phi) is 5.66. The Labute approximate surface area is 138 Å². The normalized spacial score (nSPS) is 11.6. The van der Waals surface area contributed by atoms with Crippen LogP contribution in [0.3, 0.4) is 0 Å². The number of hydrogen-bond acceptors (Lipinski definition) is 4. The predicted octanol–water partition coefficient (Wildman–Crippen LogP) is 3.07. The van der Waals surface area contributed by atoms with Crippen molar-refractivity contribution in [3.63, 3.8) is 0 Å². The van der Waals surface area contributed by atoms with E-state index in [9.17, 15) is 9.18 Å². The Balaban J connectivity index is 1.80. The smallest absolute Gasteiger partial charge is 0.315 e. The van der Waals surface area contributed by atoms with E-state index in [1.165, 1.54) is 12.1 Å². The van der Waals surface area contributed by atoms with Crippen molar-refractivity contribution < 1.29 is 9.18 Å². The maximum absolute atomic E-state index is 13.7. The van der Waals surface area contributed by atoms with E-state index in [4.69, 9.17) is 5.26 Å². The minimum atomic E-state index is -0.504. The summed E-state index contributed by atoms with van der Waals surface area (Å²) < 4.78 is 13.7. The lowest BCUT2D eigenvalue weighted by Gasteiger charge is -2.11. The number of amides is 2. The number of benzene rings is 1. The summed E-state index contributed by atoms with van der Waals surface area (Å²) in [7, 11) is 0. The largest absolute Gasteiger partial charge is 0.337 e. The first-order valence-electron chi connectivity index (χ1n) is 7.12. The van der Waals surface area contributed by atoms with E-state index in [1.54, 1.807) is 11.3 Å². The first-order chi connectivity index (χ1) is 11.0. The zero-order chi connectivity index (χ0) is 16.8. The van der Waals surface area contributed by atoms with Gasteiger partial charge in [0.1, 0.15) is 5.82 Å². The molecule has 0 spiro atoms. The van der Waals surface area contributed by atoms with Crippen LogP contribution in [0.15, 0.2) is 24.4 Å². The van der Waals surface area contributed by atoms with Crippen LogP contribution in [0, 0.1) is 24.1 Å². The number of carbonyl (C=O) groups excluding carboxylic acids is 1. The van der Waals surface area contributed by atoms with Crippen LogP contribution in [0.25, 0.3) is 0 Å². The van der Waals surface area contributed by atoms with E-state index in [1.807, 2.05) is 26.1 Å². The molecule has 0 radical (unpaired) electrons. The Bertz CT molecular complexity index is 738. The fourth-order valence-corrected chi connectivity index (χ4v) is 2.76. The van der Waals surface area contributed by atoms with Gasteiger partial charge in [0.15, 0.2) is 0 Å². The summed E-state index contributed by atoms with van der Waals surface area (Å²) in [6, 6.07) is 5.67. The Morgan fingerprint density at radius 3 is 2.87 bits per heavy atom. The minimum Gasteiger partial charge on any atom is -0.337 e. The summed E-state index contributed by atoms with van der Waals surface area (Å²) in [5.74, 6) is -0.387. The highest BCUT2D eigenvalue weighted by atomic mass is 32.1. The summed E-state index contributed by atoms with van der Waals surface area (Å²) in [4.78, 5) is 17.2. The topological polar surface area (TPSA) is 77.8 Å². The zero-order valence-corrected chi connectivity index (χ0v) is 13.7. The van der Waals surface area contributed by atoms with Gasteiger partial charge in [0.2, 0.25) is 0 Å². The number of aryl methyl sites for hydroxylation is 1. The first kappa shape index (κ1) is 16.9. The third-order valence-corrected chi connectivity index (χ3v) is 4.40. The molecule has 1 unspecified atom stereocenters. The molecule has 1 aromatic carbocycles. The van der Waals surface area contributed by atoms with Gasteiger partial charge in [-0.25, -0.2) is 14.2 Å². The lowest BCUT2D eigenvalue weighted by Crippen LogP contribution is -2.37. The van der Waals surface area contributed by atoms with Crippen LogP contribution in [-0.4, -0.2) is 17.6 Å². The van der Waals surface area contributed by atoms with E-state index in [2.05, 4.69) is 15.6 Å². The van der Waals surface area contributed by atoms with E-state index in [0.717, 1.165) is 16.0 Å². The Morgan fingerprint density at radius 2 is 2.26 bits per heavy atom. The molecule has 2 rings (SSSR count). The molecule has 5 nitrogen and oxygen atoms in total. The van der Waals surface area contributed by atoms with Crippen LogP contribution in [0.5, 0.6) is 0 Å². The number of urea groups is 1. The second kappa shape index (κ2) is 7.70. The first-order valence-corrected chi connectivity index (χ1v) is 7.93. The van der Waals surface area contributed by atoms with Crippen molar-refractivity contribution in [1.82, 2.24) is 15.6 Å². The quantitative estimate of drug-likeness (QED) is 0.883. The van der Waals surface area contributed by atoms with E-state index >= 15 is 0 Å². The molecule has 0 aliphatic heterocycles. The molecule has 0 aliphatic carbocycles. The third-order valence-electron chi connectivity index (χ3n) is 3.25. The molecule has 0 saturated heterocycles. The number of halogens is 1. The summed E-state index contributed by atoms with van der Waals surface area (Å²) in [5, 5.41) is 15.0. The average Bonchev–Trinajstić information content (AvgIpc) is 2.97. The molecule has 0 bridgehead atoms. The molecule has 0 fully saturated rings. The summed E-state index contributed by atoms with van der Waals surface area (Å²) in [6.45, 7) is 4.49. The second-order valence-electron chi connectivity index (χ2n) is 5.19. The standard InChI is InChI=1S/C16H17FN4OS/c1-10(15-19-8-11(2)23-15)7-20-16(22)21-9-13-4-3-12(6-18)5-14(13)17/h3-5,8,10H,7,9H2,1-2H3,(H2,20,21,22). The van der Waals surface area contributed by atoms with Gasteiger partial charge in [-0.15, -0.1) is 11.3 Å². The van der Waals surface area contributed by atoms with Crippen molar-refractivity contribution in [3.8, 4) is 6.07 Å². The van der Waals surface area contributed by atoms with Crippen LogP contribution in [-0.2, 0) is 6.54 Å². The molecule has 1 atom stereocenters. The van der Waals surface area contributed by atoms with Crippen molar-refractivity contribution in [2.45, 2.75) is 26.3 Å². The van der Waals surface area contributed by atoms with Gasteiger partial charge in [0.05, 0.1) is 16.6 Å². The maximum atomic E-state index is 13.7.